The number of phenolic OH excluding ortho intramolecular Hbond substituents is 1. The lowest BCUT2D eigenvalue weighted by Crippen LogP contribution is -2.43. The molecule has 0 aromatic heterocycles. The van der Waals surface area contributed by atoms with Crippen molar-refractivity contribution in [2.45, 2.75) is 71.5 Å². The van der Waals surface area contributed by atoms with Gasteiger partial charge < -0.3 is 14.4 Å². The highest BCUT2D eigenvalue weighted by molar-refractivity contribution is 6.62. The summed E-state index contributed by atoms with van der Waals surface area (Å²) < 4.78 is 12.4. The maximum Gasteiger partial charge on any atom is 0.495 e. The predicted molar refractivity (Wildman–Crippen MR) is 99.5 cm³/mol. The SMILES string of the molecule is C#CC(CC)(c1ccc(O)cc1B1OC(C)(C)C(C)(C)O1)C(C)C. The Morgan fingerprint density at radius 1 is 1.21 bits per heavy atom. The molecule has 0 saturated carbocycles. The van der Waals surface area contributed by atoms with E-state index in [0.717, 1.165) is 17.4 Å². The lowest BCUT2D eigenvalue weighted by atomic mass is 9.63. The first-order chi connectivity index (χ1) is 11.0. The zero-order chi connectivity index (χ0) is 18.3. The van der Waals surface area contributed by atoms with Gasteiger partial charge in [-0.15, -0.1) is 6.42 Å². The van der Waals surface area contributed by atoms with E-state index in [1.54, 1.807) is 12.1 Å². The minimum Gasteiger partial charge on any atom is -0.508 e. The largest absolute Gasteiger partial charge is 0.508 e. The number of hydrogen-bond donors (Lipinski definition) is 1. The third kappa shape index (κ3) is 2.85. The second-order valence-corrected chi connectivity index (χ2v) is 7.98. The highest BCUT2D eigenvalue weighted by Gasteiger charge is 2.53. The molecule has 4 heteroatoms. The fraction of sp³-hybridized carbons (Fsp3) is 0.600. The van der Waals surface area contributed by atoms with Crippen molar-refractivity contribution < 1.29 is 14.4 Å². The zero-order valence-electron chi connectivity index (χ0n) is 15.9. The van der Waals surface area contributed by atoms with Crippen molar-refractivity contribution in [3.8, 4) is 18.1 Å². The van der Waals surface area contributed by atoms with E-state index in [2.05, 4.69) is 26.7 Å². The summed E-state index contributed by atoms with van der Waals surface area (Å²) in [5.41, 5.74) is 0.514. The van der Waals surface area contributed by atoms with Crippen LogP contribution in [0.4, 0.5) is 0 Å². The monoisotopic (exact) mass is 328 g/mol. The average molecular weight is 328 g/mol. The van der Waals surface area contributed by atoms with E-state index in [1.165, 1.54) is 0 Å². The molecule has 3 nitrogen and oxygen atoms in total. The zero-order valence-corrected chi connectivity index (χ0v) is 15.9. The van der Waals surface area contributed by atoms with Gasteiger partial charge in [0.2, 0.25) is 0 Å². The van der Waals surface area contributed by atoms with E-state index in [1.807, 2.05) is 33.8 Å². The summed E-state index contributed by atoms with van der Waals surface area (Å²) in [6, 6.07) is 5.33. The van der Waals surface area contributed by atoms with E-state index >= 15 is 0 Å². The van der Waals surface area contributed by atoms with Crippen LogP contribution in [0.25, 0.3) is 0 Å². The van der Waals surface area contributed by atoms with E-state index in [9.17, 15) is 5.11 Å². The smallest absolute Gasteiger partial charge is 0.495 e. The Morgan fingerprint density at radius 3 is 2.17 bits per heavy atom. The number of benzene rings is 1. The van der Waals surface area contributed by atoms with Crippen molar-refractivity contribution >= 4 is 12.6 Å². The number of aromatic hydroxyl groups is 1. The van der Waals surface area contributed by atoms with Crippen LogP contribution in [-0.4, -0.2) is 23.4 Å². The van der Waals surface area contributed by atoms with Gasteiger partial charge in [0.05, 0.1) is 16.6 Å². The first-order valence-electron chi connectivity index (χ1n) is 8.67. The van der Waals surface area contributed by atoms with Crippen molar-refractivity contribution in [1.82, 2.24) is 0 Å². The molecule has 1 aromatic carbocycles. The predicted octanol–water partition coefficient (Wildman–Crippen LogP) is 3.63. The molecule has 1 aliphatic rings. The van der Waals surface area contributed by atoms with Crippen LogP contribution in [0.15, 0.2) is 18.2 Å². The molecule has 1 unspecified atom stereocenters. The fourth-order valence-electron chi connectivity index (χ4n) is 3.38. The second-order valence-electron chi connectivity index (χ2n) is 7.98. The van der Waals surface area contributed by atoms with Gasteiger partial charge in [0.25, 0.3) is 0 Å². The summed E-state index contributed by atoms with van der Waals surface area (Å²) in [5, 5.41) is 10.0. The lowest BCUT2D eigenvalue weighted by molar-refractivity contribution is 0.00578. The molecule has 0 aliphatic carbocycles. The Kier molecular flexibility index (Phi) is 4.83. The van der Waals surface area contributed by atoms with Gasteiger partial charge in [0.1, 0.15) is 5.75 Å². The minimum absolute atomic E-state index is 0.189. The van der Waals surface area contributed by atoms with Crippen LogP contribution >= 0.6 is 0 Å². The molecule has 1 fully saturated rings. The van der Waals surface area contributed by atoms with Crippen LogP contribution in [-0.2, 0) is 14.7 Å². The van der Waals surface area contributed by atoms with Crippen LogP contribution < -0.4 is 5.46 Å². The Labute approximate surface area is 146 Å². The van der Waals surface area contributed by atoms with E-state index < -0.39 is 23.7 Å². The van der Waals surface area contributed by atoms with Gasteiger partial charge >= 0.3 is 7.12 Å². The molecular formula is C20H29BO3. The molecule has 1 atom stereocenters. The molecule has 1 heterocycles. The van der Waals surface area contributed by atoms with Crippen LogP contribution in [0.2, 0.25) is 0 Å². The molecule has 1 aliphatic heterocycles. The van der Waals surface area contributed by atoms with Gasteiger partial charge in [-0.25, -0.2) is 0 Å². The van der Waals surface area contributed by atoms with Crippen molar-refractivity contribution in [2.75, 3.05) is 0 Å². The van der Waals surface area contributed by atoms with Gasteiger partial charge in [-0.1, -0.05) is 32.8 Å². The molecule has 24 heavy (non-hydrogen) atoms. The van der Waals surface area contributed by atoms with E-state index in [-0.39, 0.29) is 11.7 Å². The number of hydrogen-bond acceptors (Lipinski definition) is 3. The summed E-state index contributed by atoms with van der Waals surface area (Å²) in [7, 11) is -0.546. The van der Waals surface area contributed by atoms with Gasteiger partial charge in [-0.2, -0.15) is 0 Å². The molecule has 0 amide bonds. The van der Waals surface area contributed by atoms with Crippen molar-refractivity contribution in [3.63, 3.8) is 0 Å². The minimum atomic E-state index is -0.546. The molecule has 1 saturated heterocycles. The normalized spacial score (nSPS) is 21.5. The van der Waals surface area contributed by atoms with Gasteiger partial charge in [-0.3, -0.25) is 0 Å². The molecule has 0 spiro atoms. The van der Waals surface area contributed by atoms with Crippen molar-refractivity contribution in [3.05, 3.63) is 23.8 Å². The number of terminal acetylenes is 1. The van der Waals surface area contributed by atoms with Crippen molar-refractivity contribution in [1.29, 1.82) is 0 Å². The van der Waals surface area contributed by atoms with Crippen LogP contribution in [0.1, 0.15) is 60.5 Å². The Balaban J connectivity index is 2.61. The van der Waals surface area contributed by atoms with Crippen molar-refractivity contribution in [2.24, 2.45) is 5.92 Å². The topological polar surface area (TPSA) is 38.7 Å². The van der Waals surface area contributed by atoms with Crippen LogP contribution in [0, 0.1) is 18.3 Å². The molecule has 0 bridgehead atoms. The summed E-state index contributed by atoms with van der Waals surface area (Å²) in [5.74, 6) is 3.45. The van der Waals surface area contributed by atoms with Gasteiger partial charge in [0.15, 0.2) is 0 Å². The standard InChI is InChI=1S/C20H29BO3/c1-9-20(10-2,14(3)4)16-12-11-15(22)13-17(16)21-23-18(5,6)19(7,8)24-21/h1,11-14,22H,10H2,2-8H3. The van der Waals surface area contributed by atoms with Gasteiger partial charge in [-0.05, 0) is 63.2 Å². The highest BCUT2D eigenvalue weighted by atomic mass is 16.7. The fourth-order valence-corrected chi connectivity index (χ4v) is 3.38. The number of rotatable bonds is 4. The maximum absolute atomic E-state index is 10.0. The average Bonchev–Trinajstić information content (AvgIpc) is 2.70. The van der Waals surface area contributed by atoms with Crippen LogP contribution in [0.5, 0.6) is 5.75 Å². The highest BCUT2D eigenvalue weighted by Crippen LogP contribution is 2.40. The maximum atomic E-state index is 10.0. The number of phenols is 1. The van der Waals surface area contributed by atoms with E-state index in [4.69, 9.17) is 15.7 Å². The Morgan fingerprint density at radius 2 is 1.75 bits per heavy atom. The first kappa shape index (κ1) is 18.9. The summed E-state index contributed by atoms with van der Waals surface area (Å²) in [4.78, 5) is 0. The Bertz CT molecular complexity index is 641. The molecule has 130 valence electrons. The summed E-state index contributed by atoms with van der Waals surface area (Å²) in [6.45, 7) is 14.4. The Hall–Kier alpha value is -1.44. The summed E-state index contributed by atoms with van der Waals surface area (Å²) in [6.07, 6.45) is 6.77. The van der Waals surface area contributed by atoms with Gasteiger partial charge in [0, 0.05) is 0 Å². The lowest BCUT2D eigenvalue weighted by Gasteiger charge is -2.34. The third-order valence-corrected chi connectivity index (χ3v) is 5.82. The molecular weight excluding hydrogens is 299 g/mol. The molecule has 2 rings (SSSR count). The van der Waals surface area contributed by atoms with E-state index in [0.29, 0.717) is 0 Å². The second kappa shape index (κ2) is 6.13. The molecule has 1 N–H and O–H groups in total. The first-order valence-corrected chi connectivity index (χ1v) is 8.67. The quantitative estimate of drug-likeness (QED) is 0.678. The molecule has 1 aromatic rings. The molecule has 0 radical (unpaired) electrons. The van der Waals surface area contributed by atoms with Crippen LogP contribution in [0.3, 0.4) is 0 Å². The third-order valence-electron chi connectivity index (χ3n) is 5.82. The summed E-state index contributed by atoms with van der Waals surface area (Å²) >= 11 is 0.